The first kappa shape index (κ1) is 11.4. The average Bonchev–Trinajstić information content (AvgIpc) is 2.94. The summed E-state index contributed by atoms with van der Waals surface area (Å²) in [4.78, 5) is 18.5. The van der Waals surface area contributed by atoms with Gasteiger partial charge in [-0.1, -0.05) is 0 Å². The van der Waals surface area contributed by atoms with Crippen LogP contribution in [0.15, 0.2) is 23.7 Å². The molecule has 92 valence electrons. The summed E-state index contributed by atoms with van der Waals surface area (Å²) in [5.41, 5.74) is 1.68. The fourth-order valence-electron chi connectivity index (χ4n) is 1.80. The minimum absolute atomic E-state index is 0.0271. The van der Waals surface area contributed by atoms with Gasteiger partial charge in [0.1, 0.15) is 5.69 Å². The van der Waals surface area contributed by atoms with Crippen molar-refractivity contribution in [2.45, 2.75) is 13.3 Å². The monoisotopic (exact) mass is 278 g/mol. The van der Waals surface area contributed by atoms with Crippen molar-refractivity contribution < 1.29 is 9.90 Å². The standard InChI is InChI=1S/C12H10N2O2S2/c1-7-2-3-10(18-7)9-5-14-8(4-11(15)16)6-17-12(14)13-9/h2-3,5-6H,4H2,1H3,(H,15,16). The lowest BCUT2D eigenvalue weighted by atomic mass is 10.3. The molecule has 3 aromatic rings. The molecule has 0 spiro atoms. The van der Waals surface area contributed by atoms with E-state index in [-0.39, 0.29) is 6.42 Å². The molecule has 18 heavy (non-hydrogen) atoms. The van der Waals surface area contributed by atoms with Crippen molar-refractivity contribution in [3.63, 3.8) is 0 Å². The molecule has 4 nitrogen and oxygen atoms in total. The minimum atomic E-state index is -0.822. The van der Waals surface area contributed by atoms with Crippen molar-refractivity contribution in [2.75, 3.05) is 0 Å². The lowest BCUT2D eigenvalue weighted by molar-refractivity contribution is -0.136. The average molecular weight is 278 g/mol. The highest BCUT2D eigenvalue weighted by Crippen LogP contribution is 2.29. The Bertz CT molecular complexity index is 723. The molecule has 0 bridgehead atoms. The number of thiazole rings is 1. The molecule has 0 aliphatic rings. The maximum atomic E-state index is 10.8. The lowest BCUT2D eigenvalue weighted by Gasteiger charge is -1.93. The van der Waals surface area contributed by atoms with E-state index in [1.807, 2.05) is 22.0 Å². The van der Waals surface area contributed by atoms with E-state index in [9.17, 15) is 4.79 Å². The summed E-state index contributed by atoms with van der Waals surface area (Å²) < 4.78 is 1.86. The number of thiophene rings is 1. The molecule has 0 aromatic carbocycles. The van der Waals surface area contributed by atoms with Crippen LogP contribution in [0.2, 0.25) is 0 Å². The van der Waals surface area contributed by atoms with E-state index in [1.165, 1.54) is 16.2 Å². The van der Waals surface area contributed by atoms with Gasteiger partial charge in [-0.15, -0.1) is 22.7 Å². The van der Waals surface area contributed by atoms with Crippen molar-refractivity contribution in [2.24, 2.45) is 0 Å². The Hall–Kier alpha value is -1.66. The van der Waals surface area contributed by atoms with Crippen molar-refractivity contribution in [1.82, 2.24) is 9.38 Å². The van der Waals surface area contributed by atoms with E-state index in [1.54, 1.807) is 11.3 Å². The highest BCUT2D eigenvalue weighted by Gasteiger charge is 2.12. The first-order chi connectivity index (χ1) is 8.63. The Morgan fingerprint density at radius 2 is 2.33 bits per heavy atom. The van der Waals surface area contributed by atoms with Gasteiger partial charge in [0, 0.05) is 22.1 Å². The molecule has 0 saturated carbocycles. The summed E-state index contributed by atoms with van der Waals surface area (Å²) in [7, 11) is 0. The van der Waals surface area contributed by atoms with E-state index < -0.39 is 5.97 Å². The third-order valence-electron chi connectivity index (χ3n) is 2.61. The third-order valence-corrected chi connectivity index (χ3v) is 4.52. The molecule has 6 heteroatoms. The number of carboxylic acids is 1. The zero-order valence-electron chi connectivity index (χ0n) is 9.58. The Balaban J connectivity index is 2.06. The Morgan fingerprint density at radius 1 is 1.50 bits per heavy atom. The molecule has 0 saturated heterocycles. The maximum Gasteiger partial charge on any atom is 0.309 e. The number of aromatic nitrogens is 2. The van der Waals surface area contributed by atoms with E-state index in [0.29, 0.717) is 0 Å². The molecule has 0 fully saturated rings. The summed E-state index contributed by atoms with van der Waals surface area (Å²) in [5.74, 6) is -0.822. The van der Waals surface area contributed by atoms with Crippen LogP contribution in [0.5, 0.6) is 0 Å². The molecule has 0 unspecified atom stereocenters. The smallest absolute Gasteiger partial charge is 0.309 e. The molecule has 3 aromatic heterocycles. The van der Waals surface area contributed by atoms with Crippen molar-refractivity contribution in [3.05, 3.63) is 34.3 Å². The summed E-state index contributed by atoms with van der Waals surface area (Å²) in [6.45, 7) is 2.06. The number of hydrogen-bond acceptors (Lipinski definition) is 4. The van der Waals surface area contributed by atoms with Gasteiger partial charge in [-0.3, -0.25) is 9.20 Å². The second-order valence-corrected chi connectivity index (χ2v) is 6.11. The summed E-state index contributed by atoms with van der Waals surface area (Å²) >= 11 is 3.16. The molecule has 0 aliphatic heterocycles. The van der Waals surface area contributed by atoms with E-state index in [2.05, 4.69) is 18.0 Å². The molecule has 0 aliphatic carbocycles. The van der Waals surface area contributed by atoms with Crippen LogP contribution < -0.4 is 0 Å². The van der Waals surface area contributed by atoms with Gasteiger partial charge in [-0.05, 0) is 19.1 Å². The van der Waals surface area contributed by atoms with Crippen LogP contribution >= 0.6 is 22.7 Å². The Kier molecular flexibility index (Phi) is 2.68. The predicted molar refractivity (Wildman–Crippen MR) is 72.5 cm³/mol. The van der Waals surface area contributed by atoms with Gasteiger partial charge in [0.25, 0.3) is 0 Å². The van der Waals surface area contributed by atoms with Gasteiger partial charge in [0.2, 0.25) is 0 Å². The number of aryl methyl sites for hydroxylation is 1. The second-order valence-electron chi connectivity index (χ2n) is 3.99. The van der Waals surface area contributed by atoms with Crippen LogP contribution in [0.3, 0.4) is 0 Å². The number of fused-ring (bicyclic) bond motifs is 1. The Labute approximate surface area is 111 Å². The molecule has 0 atom stereocenters. The van der Waals surface area contributed by atoms with E-state index >= 15 is 0 Å². The number of imidazole rings is 1. The van der Waals surface area contributed by atoms with Crippen LogP contribution in [-0.4, -0.2) is 20.5 Å². The van der Waals surface area contributed by atoms with Crippen LogP contribution in [0.1, 0.15) is 10.6 Å². The van der Waals surface area contributed by atoms with E-state index in [4.69, 9.17) is 5.11 Å². The first-order valence-electron chi connectivity index (χ1n) is 5.37. The lowest BCUT2D eigenvalue weighted by Crippen LogP contribution is -2.01. The number of aliphatic carboxylic acids is 1. The van der Waals surface area contributed by atoms with Gasteiger partial charge >= 0.3 is 5.97 Å². The molecule has 1 N–H and O–H groups in total. The fourth-order valence-corrected chi connectivity index (χ4v) is 3.50. The minimum Gasteiger partial charge on any atom is -0.481 e. The molecule has 0 amide bonds. The summed E-state index contributed by atoms with van der Waals surface area (Å²) in [6, 6.07) is 4.11. The quantitative estimate of drug-likeness (QED) is 0.801. The normalized spacial score (nSPS) is 11.2. The first-order valence-corrected chi connectivity index (χ1v) is 7.07. The number of carbonyl (C=O) groups is 1. The molecular formula is C12H10N2O2S2. The van der Waals surface area contributed by atoms with Gasteiger partial charge in [0.15, 0.2) is 4.96 Å². The van der Waals surface area contributed by atoms with E-state index in [0.717, 1.165) is 21.2 Å². The largest absolute Gasteiger partial charge is 0.481 e. The highest BCUT2D eigenvalue weighted by atomic mass is 32.1. The SMILES string of the molecule is Cc1ccc(-c2cn3c(CC(=O)O)csc3n2)s1. The fraction of sp³-hybridized carbons (Fsp3) is 0.167. The number of nitrogens with zero attached hydrogens (tertiary/aromatic N) is 2. The second kappa shape index (κ2) is 4.22. The van der Waals surface area contributed by atoms with Gasteiger partial charge in [0.05, 0.1) is 11.3 Å². The van der Waals surface area contributed by atoms with Gasteiger partial charge < -0.3 is 5.11 Å². The van der Waals surface area contributed by atoms with Crippen LogP contribution in [-0.2, 0) is 11.2 Å². The maximum absolute atomic E-state index is 10.8. The van der Waals surface area contributed by atoms with Crippen LogP contribution in [0.4, 0.5) is 0 Å². The molecular weight excluding hydrogens is 268 g/mol. The number of rotatable bonds is 3. The van der Waals surface area contributed by atoms with Crippen LogP contribution in [0.25, 0.3) is 15.5 Å². The third kappa shape index (κ3) is 1.93. The predicted octanol–water partition coefficient (Wildman–Crippen LogP) is 3.06. The summed E-state index contributed by atoms with van der Waals surface area (Å²) in [6.07, 6.45) is 1.94. The Morgan fingerprint density at radius 3 is 3.00 bits per heavy atom. The van der Waals surface area contributed by atoms with Gasteiger partial charge in [-0.2, -0.15) is 0 Å². The molecule has 0 radical (unpaired) electrons. The van der Waals surface area contributed by atoms with Crippen molar-refractivity contribution in [3.8, 4) is 10.6 Å². The number of hydrogen-bond donors (Lipinski definition) is 1. The highest BCUT2D eigenvalue weighted by molar-refractivity contribution is 7.16. The van der Waals surface area contributed by atoms with Crippen molar-refractivity contribution in [1.29, 1.82) is 0 Å². The number of carboxylic acid groups (broad SMARTS) is 1. The zero-order chi connectivity index (χ0) is 12.7. The van der Waals surface area contributed by atoms with Crippen molar-refractivity contribution >= 4 is 33.6 Å². The topological polar surface area (TPSA) is 54.6 Å². The summed E-state index contributed by atoms with van der Waals surface area (Å²) in [5, 5.41) is 10.7. The van der Waals surface area contributed by atoms with Crippen LogP contribution in [0, 0.1) is 6.92 Å². The molecule has 3 rings (SSSR count). The zero-order valence-corrected chi connectivity index (χ0v) is 11.2. The van der Waals surface area contributed by atoms with Gasteiger partial charge in [-0.25, -0.2) is 4.98 Å². The molecule has 3 heterocycles.